The lowest BCUT2D eigenvalue weighted by Gasteiger charge is -2.12. The number of halogens is 2. The number of nitrogens with one attached hydrogen (secondary N) is 1. The molecule has 146 valence electrons. The molecule has 0 bridgehead atoms. The third-order valence-electron chi connectivity index (χ3n) is 4.56. The number of hydrogen-bond acceptors (Lipinski definition) is 3. The molecule has 27 heavy (non-hydrogen) atoms. The molecule has 3 aromatic rings. The molecule has 0 aliphatic carbocycles. The largest absolute Gasteiger partial charge is 0.494 e. The Morgan fingerprint density at radius 1 is 1.11 bits per heavy atom. The molecular weight excluding hydrogens is 442 g/mol. The lowest BCUT2D eigenvalue weighted by atomic mass is 10.1. The Morgan fingerprint density at radius 3 is 2.63 bits per heavy atom. The average molecular weight is 469 g/mol. The first-order valence-corrected chi connectivity index (χ1v) is 11.0. The zero-order chi connectivity index (χ0) is 18.4. The zero-order valence-electron chi connectivity index (χ0n) is 15.8. The fraction of sp³-hybridized carbons (Fsp3) is 0.364. The maximum absolute atomic E-state index is 5.97. The summed E-state index contributed by atoms with van der Waals surface area (Å²) >= 11 is 5.28. The average Bonchev–Trinajstić information content (AvgIpc) is 3.05. The molecule has 0 fully saturated rings. The Bertz CT molecular complexity index is 834. The minimum absolute atomic E-state index is 0. The molecule has 1 atom stereocenters. The van der Waals surface area contributed by atoms with Crippen molar-refractivity contribution in [3.63, 3.8) is 0 Å². The number of benzene rings is 2. The third kappa shape index (κ3) is 6.21. The van der Waals surface area contributed by atoms with Crippen LogP contribution in [0.4, 0.5) is 0 Å². The van der Waals surface area contributed by atoms with E-state index in [1.807, 2.05) is 0 Å². The van der Waals surface area contributed by atoms with Crippen LogP contribution in [0.15, 0.2) is 52.3 Å². The van der Waals surface area contributed by atoms with Gasteiger partial charge in [0.05, 0.1) is 6.61 Å². The van der Waals surface area contributed by atoms with Crippen molar-refractivity contribution in [3.05, 3.63) is 52.3 Å². The summed E-state index contributed by atoms with van der Waals surface area (Å²) in [4.78, 5) is 0. The molecule has 0 radical (unpaired) electrons. The summed E-state index contributed by atoms with van der Waals surface area (Å²) in [6.45, 7) is 6.23. The smallest absolute Gasteiger partial charge is 0.120 e. The Morgan fingerprint density at radius 2 is 1.89 bits per heavy atom. The van der Waals surface area contributed by atoms with E-state index in [0.717, 1.165) is 29.8 Å². The normalized spacial score (nSPS) is 12.0. The summed E-state index contributed by atoms with van der Waals surface area (Å²) in [7, 11) is 0. The topological polar surface area (TPSA) is 21.3 Å². The fourth-order valence-corrected chi connectivity index (χ4v) is 4.41. The first-order chi connectivity index (χ1) is 12.7. The fourth-order valence-electron chi connectivity index (χ4n) is 3.14. The van der Waals surface area contributed by atoms with Gasteiger partial charge in [-0.2, -0.15) is 0 Å². The van der Waals surface area contributed by atoms with Gasteiger partial charge in [-0.15, -0.1) is 23.7 Å². The van der Waals surface area contributed by atoms with Crippen LogP contribution in [0.3, 0.4) is 0 Å². The van der Waals surface area contributed by atoms with Crippen LogP contribution in [0.25, 0.3) is 21.2 Å². The molecule has 1 N–H and O–H groups in total. The van der Waals surface area contributed by atoms with E-state index >= 15 is 0 Å². The van der Waals surface area contributed by atoms with E-state index in [1.54, 1.807) is 11.3 Å². The van der Waals surface area contributed by atoms with Crippen LogP contribution in [0, 0.1) is 0 Å². The molecule has 0 spiro atoms. The Balaban J connectivity index is 0.00000261. The van der Waals surface area contributed by atoms with Crippen LogP contribution >= 0.6 is 39.7 Å². The Labute approximate surface area is 180 Å². The molecule has 0 aliphatic rings. The number of hydrogen-bond donors (Lipinski definition) is 1. The minimum atomic E-state index is 0. The van der Waals surface area contributed by atoms with Crippen molar-refractivity contribution in [2.24, 2.45) is 0 Å². The predicted molar refractivity (Wildman–Crippen MR) is 125 cm³/mol. The molecule has 1 unspecified atom stereocenters. The van der Waals surface area contributed by atoms with Gasteiger partial charge in [0.1, 0.15) is 5.75 Å². The van der Waals surface area contributed by atoms with E-state index < -0.39 is 0 Å². The van der Waals surface area contributed by atoms with Gasteiger partial charge in [0.15, 0.2) is 0 Å². The second kappa shape index (κ2) is 11.1. The Kier molecular flexibility index (Phi) is 9.10. The van der Waals surface area contributed by atoms with Gasteiger partial charge in [-0.3, -0.25) is 0 Å². The van der Waals surface area contributed by atoms with Crippen LogP contribution in [0.5, 0.6) is 5.75 Å². The first kappa shape index (κ1) is 22.2. The Hall–Kier alpha value is -1.07. The monoisotopic (exact) mass is 467 g/mol. The van der Waals surface area contributed by atoms with Gasteiger partial charge in [0.25, 0.3) is 0 Å². The molecule has 5 heteroatoms. The number of unbranched alkanes of at least 4 members (excludes halogenated alkanes) is 1. The van der Waals surface area contributed by atoms with E-state index in [4.69, 9.17) is 4.74 Å². The van der Waals surface area contributed by atoms with Crippen molar-refractivity contribution in [2.75, 3.05) is 13.2 Å². The molecule has 2 nitrogen and oxygen atoms in total. The summed E-state index contributed by atoms with van der Waals surface area (Å²) in [6.07, 6.45) is 3.50. The van der Waals surface area contributed by atoms with Crippen LogP contribution in [-0.4, -0.2) is 19.2 Å². The van der Waals surface area contributed by atoms with E-state index in [2.05, 4.69) is 82.9 Å². The lowest BCUT2D eigenvalue weighted by Crippen LogP contribution is -2.25. The van der Waals surface area contributed by atoms with Gasteiger partial charge in [0, 0.05) is 26.2 Å². The highest BCUT2D eigenvalue weighted by molar-refractivity contribution is 9.10. The predicted octanol–water partition coefficient (Wildman–Crippen LogP) is 7.30. The van der Waals surface area contributed by atoms with Crippen LogP contribution < -0.4 is 10.1 Å². The van der Waals surface area contributed by atoms with Gasteiger partial charge >= 0.3 is 0 Å². The molecule has 1 aromatic heterocycles. The number of rotatable bonds is 9. The number of ether oxygens (including phenoxy) is 1. The van der Waals surface area contributed by atoms with Gasteiger partial charge in [-0.25, -0.2) is 0 Å². The zero-order valence-corrected chi connectivity index (χ0v) is 19.1. The van der Waals surface area contributed by atoms with E-state index in [-0.39, 0.29) is 12.4 Å². The molecule has 0 amide bonds. The van der Waals surface area contributed by atoms with Crippen LogP contribution in [0.2, 0.25) is 0 Å². The van der Waals surface area contributed by atoms with Gasteiger partial charge in [-0.1, -0.05) is 35.0 Å². The molecular formula is C22H27BrClNOS. The highest BCUT2D eigenvalue weighted by Crippen LogP contribution is 2.36. The highest BCUT2D eigenvalue weighted by atomic mass is 79.9. The summed E-state index contributed by atoms with van der Waals surface area (Å²) < 4.78 is 8.35. The van der Waals surface area contributed by atoms with Crippen molar-refractivity contribution in [2.45, 2.75) is 39.2 Å². The van der Waals surface area contributed by atoms with Gasteiger partial charge < -0.3 is 10.1 Å². The van der Waals surface area contributed by atoms with Gasteiger partial charge in [0.2, 0.25) is 0 Å². The maximum atomic E-state index is 5.97. The summed E-state index contributed by atoms with van der Waals surface area (Å²) in [5.74, 6) is 0.974. The second-order valence-corrected chi connectivity index (χ2v) is 8.44. The second-order valence-electron chi connectivity index (χ2n) is 6.62. The third-order valence-corrected chi connectivity index (χ3v) is 6.03. The quantitative estimate of drug-likeness (QED) is 0.333. The summed E-state index contributed by atoms with van der Waals surface area (Å²) in [6, 6.07) is 15.5. The molecule has 3 rings (SSSR count). The van der Waals surface area contributed by atoms with E-state index in [9.17, 15) is 0 Å². The molecule has 1 heterocycles. The van der Waals surface area contributed by atoms with Crippen LogP contribution in [-0.2, 0) is 0 Å². The van der Waals surface area contributed by atoms with Crippen molar-refractivity contribution in [1.29, 1.82) is 0 Å². The number of thiophene rings is 1. The molecule has 0 saturated carbocycles. The standard InChI is InChI=1S/C22H26BrNOS.ClH/c1-3-24-16(2)6-4-5-13-25-19-11-12-20-21(15-26-22(20)14-19)17-7-9-18(23)10-8-17;/h7-12,14-16,24H,3-6,13H2,1-2H3;1H. The summed E-state index contributed by atoms with van der Waals surface area (Å²) in [5, 5.41) is 6.98. The van der Waals surface area contributed by atoms with E-state index in [0.29, 0.717) is 6.04 Å². The number of fused-ring (bicyclic) bond motifs is 1. The van der Waals surface area contributed by atoms with Crippen molar-refractivity contribution >= 4 is 49.8 Å². The summed E-state index contributed by atoms with van der Waals surface area (Å²) in [5.41, 5.74) is 2.55. The minimum Gasteiger partial charge on any atom is -0.494 e. The van der Waals surface area contributed by atoms with Gasteiger partial charge in [-0.05, 0) is 74.0 Å². The SMILES string of the molecule is CCNC(C)CCCCOc1ccc2c(-c3ccc(Br)cc3)csc2c1.Cl. The van der Waals surface area contributed by atoms with Crippen molar-refractivity contribution in [1.82, 2.24) is 5.32 Å². The lowest BCUT2D eigenvalue weighted by molar-refractivity contribution is 0.302. The van der Waals surface area contributed by atoms with Crippen LogP contribution in [0.1, 0.15) is 33.1 Å². The highest BCUT2D eigenvalue weighted by Gasteiger charge is 2.08. The molecule has 0 aliphatic heterocycles. The van der Waals surface area contributed by atoms with Crippen molar-refractivity contribution in [3.8, 4) is 16.9 Å². The maximum Gasteiger partial charge on any atom is 0.120 e. The van der Waals surface area contributed by atoms with Crippen molar-refractivity contribution < 1.29 is 4.74 Å². The molecule has 0 saturated heterocycles. The first-order valence-electron chi connectivity index (χ1n) is 9.30. The molecule has 2 aromatic carbocycles. The van der Waals surface area contributed by atoms with E-state index in [1.165, 1.54) is 34.1 Å².